The Morgan fingerprint density at radius 2 is 1.79 bits per heavy atom. The summed E-state index contributed by atoms with van der Waals surface area (Å²) >= 11 is 5.92. The maximum absolute atomic E-state index is 5.92. The van der Waals surface area contributed by atoms with E-state index in [0.717, 1.165) is 46.0 Å². The van der Waals surface area contributed by atoms with Crippen molar-refractivity contribution in [1.82, 2.24) is 9.97 Å². The first-order chi connectivity index (χ1) is 14.2. The van der Waals surface area contributed by atoms with Gasteiger partial charge in [0.25, 0.3) is 0 Å². The second-order valence-corrected chi connectivity index (χ2v) is 7.17. The molecule has 0 aliphatic carbocycles. The van der Waals surface area contributed by atoms with Crippen molar-refractivity contribution in [3.05, 3.63) is 89.2 Å². The average Bonchev–Trinajstić information content (AvgIpc) is 2.74. The molecule has 0 radical (unpaired) electrons. The van der Waals surface area contributed by atoms with E-state index < -0.39 is 0 Å². The monoisotopic (exact) mass is 404 g/mol. The molecule has 5 nitrogen and oxygen atoms in total. The number of hydrogen-bond acceptors (Lipinski definition) is 5. The van der Waals surface area contributed by atoms with Gasteiger partial charge in [-0.2, -0.15) is 0 Å². The maximum Gasteiger partial charge on any atom is 0.137 e. The van der Waals surface area contributed by atoms with E-state index in [1.165, 1.54) is 5.56 Å². The Hall–Kier alpha value is -3.31. The second kappa shape index (κ2) is 8.80. The van der Waals surface area contributed by atoms with Crippen LogP contribution in [0.15, 0.2) is 73.1 Å². The van der Waals surface area contributed by atoms with Crippen molar-refractivity contribution in [2.75, 3.05) is 17.6 Å². The van der Waals surface area contributed by atoms with Crippen LogP contribution in [0.1, 0.15) is 11.1 Å². The Morgan fingerprint density at radius 3 is 2.66 bits per heavy atom. The summed E-state index contributed by atoms with van der Waals surface area (Å²) < 4.78 is 5.91. The molecule has 0 fully saturated rings. The van der Waals surface area contributed by atoms with Crippen LogP contribution >= 0.6 is 11.6 Å². The molecule has 0 atom stereocenters. The van der Waals surface area contributed by atoms with Crippen LogP contribution < -0.4 is 15.8 Å². The van der Waals surface area contributed by atoms with E-state index in [0.29, 0.717) is 12.3 Å². The highest BCUT2D eigenvalue weighted by Gasteiger charge is 2.04. The Kier molecular flexibility index (Phi) is 5.77. The molecule has 146 valence electrons. The number of fused-ring (bicyclic) bond motifs is 1. The number of nitrogens with zero attached hydrogens (tertiary/aromatic N) is 2. The van der Waals surface area contributed by atoms with Crippen LogP contribution in [-0.4, -0.2) is 16.5 Å². The molecule has 0 spiro atoms. The standard InChI is InChI=1S/C23H21ClN4O/c24-18-6-4-17(5-7-18)14-29-20-3-1-2-16(12-20)10-11-26-23-21-13-19(25)8-9-22(21)27-15-28-23/h1-9,12-13,15H,10-11,14,25H2,(H,26,27,28). The third kappa shape index (κ3) is 4.95. The zero-order chi connectivity index (χ0) is 20.1. The molecule has 4 rings (SSSR count). The van der Waals surface area contributed by atoms with Gasteiger partial charge in [-0.1, -0.05) is 35.9 Å². The van der Waals surface area contributed by atoms with E-state index >= 15 is 0 Å². The van der Waals surface area contributed by atoms with Gasteiger partial charge < -0.3 is 15.8 Å². The SMILES string of the molecule is Nc1ccc2ncnc(NCCc3cccc(OCc4ccc(Cl)cc4)c3)c2c1. The van der Waals surface area contributed by atoms with Crippen molar-refractivity contribution in [2.45, 2.75) is 13.0 Å². The largest absolute Gasteiger partial charge is 0.489 e. The van der Waals surface area contributed by atoms with Gasteiger partial charge in [-0.3, -0.25) is 0 Å². The second-order valence-electron chi connectivity index (χ2n) is 6.74. The smallest absolute Gasteiger partial charge is 0.137 e. The van der Waals surface area contributed by atoms with Gasteiger partial charge in [0, 0.05) is 22.6 Å². The third-order valence-corrected chi connectivity index (χ3v) is 4.83. The van der Waals surface area contributed by atoms with Gasteiger partial charge in [0.15, 0.2) is 0 Å². The highest BCUT2D eigenvalue weighted by atomic mass is 35.5. The predicted octanol–water partition coefficient (Wildman–Crippen LogP) is 5.10. The van der Waals surface area contributed by atoms with Gasteiger partial charge in [0.2, 0.25) is 0 Å². The Morgan fingerprint density at radius 1 is 0.931 bits per heavy atom. The molecule has 0 amide bonds. The first-order valence-corrected chi connectivity index (χ1v) is 9.75. The van der Waals surface area contributed by atoms with Crippen molar-refractivity contribution in [3.63, 3.8) is 0 Å². The number of benzene rings is 3. The number of ether oxygens (including phenoxy) is 1. The van der Waals surface area contributed by atoms with Crippen molar-refractivity contribution < 1.29 is 4.74 Å². The van der Waals surface area contributed by atoms with Crippen LogP contribution in [0.4, 0.5) is 11.5 Å². The van der Waals surface area contributed by atoms with E-state index in [1.54, 1.807) is 6.33 Å². The minimum Gasteiger partial charge on any atom is -0.489 e. The fourth-order valence-electron chi connectivity index (χ4n) is 3.08. The van der Waals surface area contributed by atoms with Crippen LogP contribution in [0.3, 0.4) is 0 Å². The Labute approximate surface area is 174 Å². The summed E-state index contributed by atoms with van der Waals surface area (Å²) in [5.74, 6) is 1.63. The lowest BCUT2D eigenvalue weighted by Gasteiger charge is -2.10. The number of nitrogens with two attached hydrogens (primary N) is 1. The van der Waals surface area contributed by atoms with Crippen molar-refractivity contribution in [1.29, 1.82) is 0 Å². The van der Waals surface area contributed by atoms with E-state index in [4.69, 9.17) is 22.1 Å². The van der Waals surface area contributed by atoms with Gasteiger partial charge >= 0.3 is 0 Å². The number of hydrogen-bond donors (Lipinski definition) is 2. The lowest BCUT2D eigenvalue weighted by atomic mass is 10.1. The van der Waals surface area contributed by atoms with Crippen molar-refractivity contribution in [3.8, 4) is 5.75 Å². The van der Waals surface area contributed by atoms with Gasteiger partial charge in [0.05, 0.1) is 5.52 Å². The summed E-state index contributed by atoms with van der Waals surface area (Å²) in [6.45, 7) is 1.24. The zero-order valence-corrected chi connectivity index (χ0v) is 16.6. The summed E-state index contributed by atoms with van der Waals surface area (Å²) in [5.41, 5.74) is 9.73. The van der Waals surface area contributed by atoms with E-state index in [1.807, 2.05) is 54.6 Å². The Balaban J connectivity index is 1.36. The maximum atomic E-state index is 5.92. The predicted molar refractivity (Wildman–Crippen MR) is 118 cm³/mol. The fourth-order valence-corrected chi connectivity index (χ4v) is 3.20. The van der Waals surface area contributed by atoms with Gasteiger partial charge in [-0.05, 0) is 60.0 Å². The summed E-state index contributed by atoms with van der Waals surface area (Å²) in [7, 11) is 0. The lowest BCUT2D eigenvalue weighted by molar-refractivity contribution is 0.306. The van der Waals surface area contributed by atoms with Crippen LogP contribution in [0.25, 0.3) is 10.9 Å². The van der Waals surface area contributed by atoms with Crippen LogP contribution in [0.5, 0.6) is 5.75 Å². The molecule has 0 saturated heterocycles. The van der Waals surface area contributed by atoms with Crippen LogP contribution in [0, 0.1) is 0 Å². The topological polar surface area (TPSA) is 73.1 Å². The zero-order valence-electron chi connectivity index (χ0n) is 15.8. The molecule has 29 heavy (non-hydrogen) atoms. The van der Waals surface area contributed by atoms with Gasteiger partial charge in [-0.15, -0.1) is 0 Å². The summed E-state index contributed by atoms with van der Waals surface area (Å²) in [6, 6.07) is 21.4. The normalized spacial score (nSPS) is 10.8. The van der Waals surface area contributed by atoms with Crippen LogP contribution in [-0.2, 0) is 13.0 Å². The molecule has 0 bridgehead atoms. The number of anilines is 2. The first kappa shape index (κ1) is 19.0. The van der Waals surface area contributed by atoms with Crippen LogP contribution in [0.2, 0.25) is 5.02 Å². The summed E-state index contributed by atoms with van der Waals surface area (Å²) in [5, 5.41) is 5.03. The molecule has 1 aromatic heterocycles. The number of halogens is 1. The quantitative estimate of drug-likeness (QED) is 0.419. The lowest BCUT2D eigenvalue weighted by Crippen LogP contribution is -2.07. The Bertz CT molecular complexity index is 1120. The third-order valence-electron chi connectivity index (χ3n) is 4.58. The number of rotatable bonds is 7. The molecule has 0 saturated carbocycles. The van der Waals surface area contributed by atoms with Crippen molar-refractivity contribution in [2.24, 2.45) is 0 Å². The van der Waals surface area contributed by atoms with E-state index in [9.17, 15) is 0 Å². The van der Waals surface area contributed by atoms with Gasteiger partial charge in [0.1, 0.15) is 24.5 Å². The fraction of sp³-hybridized carbons (Fsp3) is 0.130. The molecule has 0 aliphatic rings. The van der Waals surface area contributed by atoms with E-state index in [2.05, 4.69) is 27.4 Å². The number of nitrogens with one attached hydrogen (secondary N) is 1. The molecule has 4 aromatic rings. The minimum absolute atomic E-state index is 0.507. The number of nitrogen functional groups attached to an aromatic ring is 1. The summed E-state index contributed by atoms with van der Waals surface area (Å²) in [6.07, 6.45) is 2.40. The van der Waals surface area contributed by atoms with Crippen molar-refractivity contribution >= 4 is 34.0 Å². The molecule has 3 N–H and O–H groups in total. The first-order valence-electron chi connectivity index (χ1n) is 9.38. The molecule has 3 aromatic carbocycles. The minimum atomic E-state index is 0.507. The molecular weight excluding hydrogens is 384 g/mol. The number of aromatic nitrogens is 2. The van der Waals surface area contributed by atoms with Gasteiger partial charge in [-0.25, -0.2) is 9.97 Å². The molecule has 1 heterocycles. The highest BCUT2D eigenvalue weighted by Crippen LogP contribution is 2.22. The van der Waals surface area contributed by atoms with E-state index in [-0.39, 0.29) is 0 Å². The molecule has 0 unspecified atom stereocenters. The average molecular weight is 405 g/mol. The molecule has 6 heteroatoms. The summed E-state index contributed by atoms with van der Waals surface area (Å²) in [4.78, 5) is 8.63. The molecule has 0 aliphatic heterocycles. The highest BCUT2D eigenvalue weighted by molar-refractivity contribution is 6.30. The molecular formula is C23H21ClN4O.